The second kappa shape index (κ2) is 8.03. The van der Waals surface area contributed by atoms with Gasteiger partial charge in [-0.25, -0.2) is 4.98 Å². The Morgan fingerprint density at radius 2 is 2.09 bits per heavy atom. The summed E-state index contributed by atoms with van der Waals surface area (Å²) in [6.45, 7) is 4.73. The summed E-state index contributed by atoms with van der Waals surface area (Å²) in [5, 5.41) is 3.77. The van der Waals surface area contributed by atoms with Gasteiger partial charge in [0.2, 0.25) is 5.91 Å². The van der Waals surface area contributed by atoms with Crippen LogP contribution < -0.4 is 5.32 Å². The Labute approximate surface area is 136 Å². The first-order chi connectivity index (χ1) is 10.6. The van der Waals surface area contributed by atoms with E-state index in [0.717, 1.165) is 11.6 Å². The molecule has 0 aliphatic carbocycles. The number of thioether (sulfide) groups is 1. The van der Waals surface area contributed by atoms with Crippen LogP contribution in [0.5, 0.6) is 0 Å². The van der Waals surface area contributed by atoms with E-state index >= 15 is 0 Å². The third-order valence-corrected chi connectivity index (χ3v) is 4.89. The molecule has 1 heterocycles. The Morgan fingerprint density at radius 3 is 2.68 bits per heavy atom. The number of carbonyl (C=O) groups is 1. The molecule has 5 heteroatoms. The van der Waals surface area contributed by atoms with E-state index in [-0.39, 0.29) is 11.2 Å². The van der Waals surface area contributed by atoms with Crippen molar-refractivity contribution < 1.29 is 4.79 Å². The highest BCUT2D eigenvalue weighted by Gasteiger charge is 2.18. The number of aryl methyl sites for hydroxylation is 1. The number of carbonyl (C=O) groups excluding carboxylic acids is 1. The van der Waals surface area contributed by atoms with Crippen LogP contribution in [-0.2, 0) is 11.8 Å². The molecule has 0 aliphatic heterocycles. The van der Waals surface area contributed by atoms with Crippen LogP contribution in [0.1, 0.15) is 31.7 Å². The SMILES string of the molecule is CC[C@H](CNC(=O)[C@H](C)Sc1nccn1C)c1ccccc1. The van der Waals surface area contributed by atoms with E-state index in [1.54, 1.807) is 6.20 Å². The average molecular weight is 317 g/mol. The average Bonchev–Trinajstić information content (AvgIpc) is 2.94. The second-order valence-electron chi connectivity index (χ2n) is 5.34. The maximum atomic E-state index is 12.3. The zero-order chi connectivity index (χ0) is 15.9. The van der Waals surface area contributed by atoms with Crippen LogP contribution in [0, 0.1) is 0 Å². The van der Waals surface area contributed by atoms with Crippen LogP contribution in [0.3, 0.4) is 0 Å². The lowest BCUT2D eigenvalue weighted by atomic mass is 9.96. The fourth-order valence-corrected chi connectivity index (χ4v) is 3.12. The van der Waals surface area contributed by atoms with Gasteiger partial charge in [0.15, 0.2) is 5.16 Å². The number of benzene rings is 1. The quantitative estimate of drug-likeness (QED) is 0.798. The number of hydrogen-bond acceptors (Lipinski definition) is 3. The number of hydrogen-bond donors (Lipinski definition) is 1. The zero-order valence-electron chi connectivity index (χ0n) is 13.3. The van der Waals surface area contributed by atoms with Gasteiger partial charge in [-0.1, -0.05) is 49.0 Å². The first-order valence-corrected chi connectivity index (χ1v) is 8.46. The molecule has 0 radical (unpaired) electrons. The van der Waals surface area contributed by atoms with Crippen LogP contribution in [0.25, 0.3) is 0 Å². The normalized spacial score (nSPS) is 13.6. The Kier molecular flexibility index (Phi) is 6.07. The third kappa shape index (κ3) is 4.37. The lowest BCUT2D eigenvalue weighted by Gasteiger charge is -2.18. The molecular formula is C17H23N3OS. The largest absolute Gasteiger partial charge is 0.355 e. The van der Waals surface area contributed by atoms with Gasteiger partial charge in [-0.3, -0.25) is 4.79 Å². The molecule has 2 atom stereocenters. The fourth-order valence-electron chi connectivity index (χ4n) is 2.27. The van der Waals surface area contributed by atoms with Crippen molar-refractivity contribution in [3.63, 3.8) is 0 Å². The molecule has 4 nitrogen and oxygen atoms in total. The van der Waals surface area contributed by atoms with Gasteiger partial charge in [0.25, 0.3) is 0 Å². The summed E-state index contributed by atoms with van der Waals surface area (Å²) in [7, 11) is 1.93. The summed E-state index contributed by atoms with van der Waals surface area (Å²) in [6.07, 6.45) is 4.64. The summed E-state index contributed by atoms with van der Waals surface area (Å²) in [5.41, 5.74) is 1.27. The molecule has 1 amide bonds. The first-order valence-electron chi connectivity index (χ1n) is 7.58. The van der Waals surface area contributed by atoms with E-state index in [1.165, 1.54) is 17.3 Å². The second-order valence-corrected chi connectivity index (χ2v) is 6.65. The molecule has 0 unspecified atom stereocenters. The molecule has 1 aromatic heterocycles. The van der Waals surface area contributed by atoms with Crippen molar-refractivity contribution in [3.8, 4) is 0 Å². The molecule has 0 saturated heterocycles. The molecular weight excluding hydrogens is 294 g/mol. The molecule has 1 aromatic carbocycles. The van der Waals surface area contributed by atoms with Crippen LogP contribution >= 0.6 is 11.8 Å². The Bertz CT molecular complexity index is 597. The highest BCUT2D eigenvalue weighted by atomic mass is 32.2. The maximum Gasteiger partial charge on any atom is 0.233 e. The predicted octanol–water partition coefficient (Wildman–Crippen LogP) is 3.21. The Balaban J connectivity index is 1.87. The summed E-state index contributed by atoms with van der Waals surface area (Å²) in [5.74, 6) is 0.415. The lowest BCUT2D eigenvalue weighted by Crippen LogP contribution is -2.34. The fraction of sp³-hybridized carbons (Fsp3) is 0.412. The van der Waals surface area contributed by atoms with Crippen molar-refractivity contribution in [3.05, 3.63) is 48.3 Å². The predicted molar refractivity (Wildman–Crippen MR) is 91.0 cm³/mol. The van der Waals surface area contributed by atoms with E-state index < -0.39 is 0 Å². The minimum atomic E-state index is -0.158. The number of amides is 1. The molecule has 0 bridgehead atoms. The monoisotopic (exact) mass is 317 g/mol. The number of rotatable bonds is 7. The third-order valence-electron chi connectivity index (χ3n) is 3.71. The smallest absolute Gasteiger partial charge is 0.233 e. The molecule has 0 saturated carbocycles. The van der Waals surface area contributed by atoms with Gasteiger partial charge in [0.05, 0.1) is 5.25 Å². The van der Waals surface area contributed by atoms with Gasteiger partial charge in [-0.15, -0.1) is 0 Å². The van der Waals surface area contributed by atoms with Gasteiger partial charge < -0.3 is 9.88 Å². The Hall–Kier alpha value is -1.75. The first kappa shape index (κ1) is 16.6. The van der Waals surface area contributed by atoms with Crippen molar-refractivity contribution in [2.45, 2.75) is 36.6 Å². The van der Waals surface area contributed by atoms with Crippen LogP contribution in [-0.4, -0.2) is 27.3 Å². The number of nitrogens with one attached hydrogen (secondary N) is 1. The van der Waals surface area contributed by atoms with Crippen LogP contribution in [0.2, 0.25) is 0 Å². The molecule has 1 N–H and O–H groups in total. The summed E-state index contributed by atoms with van der Waals surface area (Å²) >= 11 is 1.48. The molecule has 22 heavy (non-hydrogen) atoms. The van der Waals surface area contributed by atoms with Gasteiger partial charge in [0.1, 0.15) is 0 Å². The van der Waals surface area contributed by atoms with E-state index in [2.05, 4.69) is 29.4 Å². The summed E-state index contributed by atoms with van der Waals surface area (Å²) < 4.78 is 1.92. The molecule has 0 aliphatic rings. The van der Waals surface area contributed by atoms with Gasteiger partial charge in [-0.05, 0) is 18.9 Å². The summed E-state index contributed by atoms with van der Waals surface area (Å²) in [6, 6.07) is 10.3. The Morgan fingerprint density at radius 1 is 1.36 bits per heavy atom. The molecule has 118 valence electrons. The molecule has 0 fully saturated rings. The standard InChI is InChI=1S/C17H23N3OS/c1-4-14(15-8-6-5-7-9-15)12-19-16(21)13(2)22-17-18-10-11-20(17)3/h5-11,13-14H,4,12H2,1-3H3,(H,19,21)/t13-,14+/m0/s1. The van der Waals surface area contributed by atoms with Crippen molar-refractivity contribution in [1.29, 1.82) is 0 Å². The highest BCUT2D eigenvalue weighted by molar-refractivity contribution is 8.00. The minimum absolute atomic E-state index is 0.0578. The van der Waals surface area contributed by atoms with Crippen molar-refractivity contribution in [2.24, 2.45) is 7.05 Å². The topological polar surface area (TPSA) is 46.9 Å². The van der Waals surface area contributed by atoms with Crippen molar-refractivity contribution >= 4 is 17.7 Å². The van der Waals surface area contributed by atoms with E-state index in [4.69, 9.17) is 0 Å². The van der Waals surface area contributed by atoms with E-state index in [9.17, 15) is 4.79 Å². The molecule has 0 spiro atoms. The number of aromatic nitrogens is 2. The van der Waals surface area contributed by atoms with Crippen molar-refractivity contribution in [2.75, 3.05) is 6.54 Å². The number of nitrogens with zero attached hydrogens (tertiary/aromatic N) is 2. The van der Waals surface area contributed by atoms with Gasteiger partial charge >= 0.3 is 0 Å². The van der Waals surface area contributed by atoms with Gasteiger partial charge in [-0.2, -0.15) is 0 Å². The minimum Gasteiger partial charge on any atom is -0.355 e. The van der Waals surface area contributed by atoms with Crippen LogP contribution in [0.15, 0.2) is 47.9 Å². The molecule has 2 aromatic rings. The van der Waals surface area contributed by atoms with E-state index in [1.807, 2.05) is 42.9 Å². The molecule has 2 rings (SSSR count). The zero-order valence-corrected chi connectivity index (χ0v) is 14.1. The van der Waals surface area contributed by atoms with Crippen LogP contribution in [0.4, 0.5) is 0 Å². The summed E-state index contributed by atoms with van der Waals surface area (Å²) in [4.78, 5) is 16.5. The van der Waals surface area contributed by atoms with Crippen molar-refractivity contribution in [1.82, 2.24) is 14.9 Å². The maximum absolute atomic E-state index is 12.3. The van der Waals surface area contributed by atoms with E-state index in [0.29, 0.717) is 12.5 Å². The lowest BCUT2D eigenvalue weighted by molar-refractivity contribution is -0.120. The number of imidazole rings is 1. The van der Waals surface area contributed by atoms with Gasteiger partial charge in [0, 0.05) is 31.9 Å². The highest BCUT2D eigenvalue weighted by Crippen LogP contribution is 2.22.